The highest BCUT2D eigenvalue weighted by atomic mass is 79.9. The average Bonchev–Trinajstić information content (AvgIpc) is 2.98. The number of aromatic nitrogens is 1. The average molecular weight is 394 g/mol. The predicted octanol–water partition coefficient (Wildman–Crippen LogP) is 3.42. The van der Waals surface area contributed by atoms with Gasteiger partial charge in [-0.25, -0.2) is 4.98 Å². The van der Waals surface area contributed by atoms with Crippen molar-refractivity contribution in [3.63, 3.8) is 0 Å². The largest absolute Gasteiger partial charge is 0.338 e. The molecule has 0 spiro atoms. The van der Waals surface area contributed by atoms with Crippen molar-refractivity contribution >= 4 is 54.4 Å². The van der Waals surface area contributed by atoms with Crippen molar-refractivity contribution in [3.8, 4) is 0 Å². The molecule has 23 heavy (non-hydrogen) atoms. The third-order valence-electron chi connectivity index (χ3n) is 3.88. The van der Waals surface area contributed by atoms with Crippen molar-refractivity contribution in [1.82, 2.24) is 9.88 Å². The number of para-hydroxylation sites is 1. The van der Waals surface area contributed by atoms with Crippen LogP contribution in [0.1, 0.15) is 12.8 Å². The van der Waals surface area contributed by atoms with E-state index < -0.39 is 0 Å². The van der Waals surface area contributed by atoms with Crippen LogP contribution in [0, 0.1) is 5.92 Å². The minimum Gasteiger partial charge on any atom is -0.338 e. The minimum atomic E-state index is -0.205. The Morgan fingerprint density at radius 2 is 2.30 bits per heavy atom. The van der Waals surface area contributed by atoms with Crippen molar-refractivity contribution in [3.05, 3.63) is 35.3 Å². The molecule has 1 saturated heterocycles. The standard InChI is InChI=1S/C16H16BrN3O2S/c1-2-13(21)20-8-4-5-10(9-20)15(22)19-16-18-14-11(17)6-3-7-12(14)23-16/h2-3,6-7,10H,1,4-5,8-9H2,(H,18,19,22). The second kappa shape index (κ2) is 6.80. The molecule has 1 aromatic heterocycles. The number of anilines is 1. The summed E-state index contributed by atoms with van der Waals surface area (Å²) in [6.07, 6.45) is 2.90. The fourth-order valence-electron chi connectivity index (χ4n) is 2.70. The summed E-state index contributed by atoms with van der Waals surface area (Å²) in [7, 11) is 0. The lowest BCUT2D eigenvalue weighted by molar-refractivity contribution is -0.130. The number of nitrogens with zero attached hydrogens (tertiary/aromatic N) is 2. The molecule has 120 valence electrons. The molecule has 0 radical (unpaired) electrons. The summed E-state index contributed by atoms with van der Waals surface area (Å²) in [5.41, 5.74) is 0.847. The third kappa shape index (κ3) is 3.45. The molecule has 1 N–H and O–H groups in total. The quantitative estimate of drug-likeness (QED) is 0.812. The molecule has 0 bridgehead atoms. The van der Waals surface area contributed by atoms with Gasteiger partial charge in [-0.3, -0.25) is 9.59 Å². The highest BCUT2D eigenvalue weighted by Crippen LogP contribution is 2.31. The van der Waals surface area contributed by atoms with E-state index in [4.69, 9.17) is 0 Å². The summed E-state index contributed by atoms with van der Waals surface area (Å²) < 4.78 is 1.92. The Kier molecular flexibility index (Phi) is 4.77. The lowest BCUT2D eigenvalue weighted by Crippen LogP contribution is -2.43. The molecule has 1 fully saturated rings. The molecule has 1 atom stereocenters. The van der Waals surface area contributed by atoms with Crippen LogP contribution in [0.5, 0.6) is 0 Å². The van der Waals surface area contributed by atoms with Gasteiger partial charge in [-0.2, -0.15) is 0 Å². The number of hydrogen-bond acceptors (Lipinski definition) is 4. The Morgan fingerprint density at radius 3 is 3.04 bits per heavy atom. The van der Waals surface area contributed by atoms with Crippen LogP contribution < -0.4 is 5.32 Å². The molecular formula is C16H16BrN3O2S. The van der Waals surface area contributed by atoms with Gasteiger partial charge in [0.05, 0.1) is 16.1 Å². The van der Waals surface area contributed by atoms with Gasteiger partial charge in [-0.15, -0.1) is 0 Å². The van der Waals surface area contributed by atoms with Crippen molar-refractivity contribution in [2.45, 2.75) is 12.8 Å². The smallest absolute Gasteiger partial charge is 0.245 e. The Labute approximate surface area is 146 Å². The SMILES string of the molecule is C=CC(=O)N1CCCC(C(=O)Nc2nc3c(Br)cccc3s2)C1. The van der Waals surface area contributed by atoms with E-state index in [9.17, 15) is 9.59 Å². The van der Waals surface area contributed by atoms with E-state index in [1.807, 2.05) is 18.2 Å². The zero-order valence-electron chi connectivity index (χ0n) is 12.4. The zero-order chi connectivity index (χ0) is 16.4. The number of hydrogen-bond donors (Lipinski definition) is 1. The summed E-state index contributed by atoms with van der Waals surface area (Å²) >= 11 is 4.91. The van der Waals surface area contributed by atoms with Gasteiger partial charge in [-0.1, -0.05) is 24.0 Å². The molecule has 2 amide bonds. The number of nitrogens with one attached hydrogen (secondary N) is 1. The summed E-state index contributed by atoms with van der Waals surface area (Å²) in [4.78, 5) is 30.3. The van der Waals surface area contributed by atoms with Crippen LogP contribution >= 0.6 is 27.3 Å². The molecule has 1 aliphatic heterocycles. The van der Waals surface area contributed by atoms with E-state index in [1.54, 1.807) is 4.90 Å². The van der Waals surface area contributed by atoms with Gasteiger partial charge in [0.15, 0.2) is 5.13 Å². The van der Waals surface area contributed by atoms with Crippen molar-refractivity contribution in [2.24, 2.45) is 5.92 Å². The first kappa shape index (κ1) is 16.1. The van der Waals surface area contributed by atoms with Crippen LogP contribution in [0.25, 0.3) is 10.2 Å². The van der Waals surface area contributed by atoms with E-state index in [0.29, 0.717) is 18.2 Å². The molecule has 1 aromatic carbocycles. The first-order chi connectivity index (χ1) is 11.1. The zero-order valence-corrected chi connectivity index (χ0v) is 14.8. The molecule has 2 aromatic rings. The fourth-order valence-corrected chi connectivity index (χ4v) is 4.18. The number of amides is 2. The van der Waals surface area contributed by atoms with Gasteiger partial charge >= 0.3 is 0 Å². The summed E-state index contributed by atoms with van der Waals surface area (Å²) in [5, 5.41) is 3.48. The van der Waals surface area contributed by atoms with E-state index in [2.05, 4.69) is 32.8 Å². The Bertz CT molecular complexity index is 774. The molecule has 2 heterocycles. The molecule has 3 rings (SSSR count). The van der Waals surface area contributed by atoms with E-state index in [0.717, 1.165) is 27.5 Å². The van der Waals surface area contributed by atoms with Gasteiger partial charge < -0.3 is 10.2 Å². The van der Waals surface area contributed by atoms with Crippen LogP contribution in [-0.4, -0.2) is 34.8 Å². The summed E-state index contributed by atoms with van der Waals surface area (Å²) in [6.45, 7) is 4.62. The number of thiazole rings is 1. The number of piperidine rings is 1. The van der Waals surface area contributed by atoms with Crippen LogP contribution in [0.15, 0.2) is 35.3 Å². The van der Waals surface area contributed by atoms with Crippen LogP contribution in [0.3, 0.4) is 0 Å². The van der Waals surface area contributed by atoms with Gasteiger partial charge in [-0.05, 0) is 47.0 Å². The monoisotopic (exact) mass is 393 g/mol. The van der Waals surface area contributed by atoms with Gasteiger partial charge in [0.2, 0.25) is 11.8 Å². The van der Waals surface area contributed by atoms with Gasteiger partial charge in [0, 0.05) is 17.6 Å². The highest BCUT2D eigenvalue weighted by Gasteiger charge is 2.28. The normalized spacial score (nSPS) is 18.0. The van der Waals surface area contributed by atoms with Crippen molar-refractivity contribution < 1.29 is 9.59 Å². The topological polar surface area (TPSA) is 62.3 Å². The number of rotatable bonds is 3. The lowest BCUT2D eigenvalue weighted by Gasteiger charge is -2.31. The second-order valence-corrected chi connectivity index (χ2v) is 7.31. The number of carbonyl (C=O) groups is 2. The highest BCUT2D eigenvalue weighted by molar-refractivity contribution is 9.10. The number of benzene rings is 1. The lowest BCUT2D eigenvalue weighted by atomic mass is 9.97. The Morgan fingerprint density at radius 1 is 1.48 bits per heavy atom. The number of halogens is 1. The maximum absolute atomic E-state index is 12.5. The van der Waals surface area contributed by atoms with Gasteiger partial charge in [0.25, 0.3) is 0 Å². The summed E-state index contributed by atoms with van der Waals surface area (Å²) in [5.74, 6) is -0.406. The van der Waals surface area contributed by atoms with E-state index in [-0.39, 0.29) is 17.7 Å². The molecular weight excluding hydrogens is 378 g/mol. The Hall–Kier alpha value is -1.73. The fraction of sp³-hybridized carbons (Fsp3) is 0.312. The minimum absolute atomic E-state index is 0.0817. The molecule has 1 aliphatic rings. The number of fused-ring (bicyclic) bond motifs is 1. The first-order valence-corrected chi connectivity index (χ1v) is 8.96. The number of carbonyl (C=O) groups excluding carboxylic acids is 2. The van der Waals surface area contributed by atoms with E-state index >= 15 is 0 Å². The van der Waals surface area contributed by atoms with Crippen LogP contribution in [0.4, 0.5) is 5.13 Å². The maximum atomic E-state index is 12.5. The third-order valence-corrected chi connectivity index (χ3v) is 5.45. The maximum Gasteiger partial charge on any atom is 0.245 e. The molecule has 1 unspecified atom stereocenters. The Balaban J connectivity index is 1.71. The molecule has 7 heteroatoms. The predicted molar refractivity (Wildman–Crippen MR) is 95.5 cm³/mol. The molecule has 0 aliphatic carbocycles. The van der Waals surface area contributed by atoms with Crippen molar-refractivity contribution in [2.75, 3.05) is 18.4 Å². The molecule has 0 saturated carbocycles. The summed E-state index contributed by atoms with van der Waals surface area (Å²) in [6, 6.07) is 5.84. The number of likely N-dealkylation sites (tertiary alicyclic amines) is 1. The van der Waals surface area contributed by atoms with E-state index in [1.165, 1.54) is 17.4 Å². The van der Waals surface area contributed by atoms with Crippen LogP contribution in [0.2, 0.25) is 0 Å². The first-order valence-electron chi connectivity index (χ1n) is 7.35. The second-order valence-electron chi connectivity index (χ2n) is 5.42. The molecule has 5 nitrogen and oxygen atoms in total. The van der Waals surface area contributed by atoms with Crippen LogP contribution in [-0.2, 0) is 9.59 Å². The van der Waals surface area contributed by atoms with Gasteiger partial charge in [0.1, 0.15) is 0 Å². The van der Waals surface area contributed by atoms with Crippen molar-refractivity contribution in [1.29, 1.82) is 0 Å².